The first kappa shape index (κ1) is 127. The van der Waals surface area contributed by atoms with Crippen molar-refractivity contribution in [3.05, 3.63) is 331 Å². The van der Waals surface area contributed by atoms with Crippen LogP contribution in [-0.4, -0.2) is 129 Å². The standard InChI is InChI=1S/C23H34OP2.2C20H28OP2.C17H22OP2.2C16H20OP2.C15H18OP2/c1-15-11-10-12-19(26(8)9)21(15)25-18-14-16(22(2,3)4)13-17(20(18)24)23(5,6)7;1-13-11-15(20(3,4)5)18(21)16(12-13)22-19-14(2)9-8-10-17(19)23(6)7;1-13-9-8-10-17(23(6)7)19(13)22-16-12-15(20(3,4)5)11-14(2)18(16)21;1-11-9-13(3)16(18)14(10-11)19-17-12(2)7-6-8-15(17)20(4)5;1-11-7-5-9-13(15(11)17)18-16-12(2)8-6-10-14(16)19(3)4;1-11-8-9-13(17)14(10-11)18-16-12(2)6-5-7-15(16)19(3)4;1-11-7-6-10-14(18(2)3)15(11)17-13-9-5-4-8-12(13)16/h10-14,24-25H,1-9H3;2*8-12,21-22H,1-7H3;6-10,18-19H,1-5H3;2*5-10,17-18H,1-4H3;4-10,16-17H,1-3H3. The lowest BCUT2D eigenvalue weighted by Gasteiger charge is -2.28. The summed E-state index contributed by atoms with van der Waals surface area (Å²) in [4.78, 5) is 0. The van der Waals surface area contributed by atoms with Crippen molar-refractivity contribution >= 4 is 227 Å². The van der Waals surface area contributed by atoms with Crippen LogP contribution in [-0.2, 0) is 21.7 Å². The van der Waals surface area contributed by atoms with Gasteiger partial charge in [-0.1, -0.05) is 398 Å². The average molecular weight is 2240 g/mol. The molecule has 0 aromatic heterocycles. The van der Waals surface area contributed by atoms with Crippen LogP contribution in [0.3, 0.4) is 0 Å². The van der Waals surface area contributed by atoms with E-state index in [1.807, 2.05) is 69.3 Å². The van der Waals surface area contributed by atoms with E-state index >= 15 is 0 Å². The van der Waals surface area contributed by atoms with Gasteiger partial charge in [-0.2, -0.15) is 0 Å². The summed E-state index contributed by atoms with van der Waals surface area (Å²) in [5, 5.41) is 100. The second kappa shape index (κ2) is 56.9. The predicted molar refractivity (Wildman–Crippen MR) is 700 cm³/mol. The van der Waals surface area contributed by atoms with Gasteiger partial charge >= 0.3 is 0 Å². The molecule has 0 saturated carbocycles. The van der Waals surface area contributed by atoms with E-state index in [1.54, 1.807) is 12.1 Å². The average Bonchev–Trinajstić information content (AvgIpc) is 0.772. The van der Waals surface area contributed by atoms with Gasteiger partial charge in [0.2, 0.25) is 0 Å². The molecule has 0 aliphatic carbocycles. The highest BCUT2D eigenvalue weighted by molar-refractivity contribution is 7.71. The van der Waals surface area contributed by atoms with Gasteiger partial charge in [0.1, 0.15) is 40.2 Å². The van der Waals surface area contributed by atoms with E-state index < -0.39 is 0 Å². The highest BCUT2D eigenvalue weighted by Gasteiger charge is 2.29. The van der Waals surface area contributed by atoms with Crippen LogP contribution < -0.4 is 111 Å². The molecule has 0 aliphatic rings. The number of phenolic OH excluding ortho intramolecular Hbond substituents is 7. The predicted octanol–water partition coefficient (Wildman–Crippen LogP) is 25.9. The summed E-state index contributed by atoms with van der Waals surface area (Å²) in [5.74, 6) is 3.14. The fourth-order valence-electron chi connectivity index (χ4n) is 16.9. The van der Waals surface area contributed by atoms with E-state index in [0.717, 1.165) is 64.9 Å². The van der Waals surface area contributed by atoms with E-state index in [9.17, 15) is 35.7 Å². The molecule has 7 nitrogen and oxygen atoms in total. The minimum atomic E-state index is -0.174. The van der Waals surface area contributed by atoms with E-state index in [0.29, 0.717) is 100 Å². The number of hydrogen-bond donors (Lipinski definition) is 7. The summed E-state index contributed by atoms with van der Waals surface area (Å²) in [5.41, 5.74) is 20.5. The molecule has 21 heteroatoms. The molecule has 148 heavy (non-hydrogen) atoms. The highest BCUT2D eigenvalue weighted by atomic mass is 31.1. The Morgan fingerprint density at radius 1 is 0.176 bits per heavy atom. The molecule has 0 amide bonds. The van der Waals surface area contributed by atoms with Crippen molar-refractivity contribution in [1.29, 1.82) is 0 Å². The molecule has 7 unspecified atom stereocenters. The zero-order valence-electron chi connectivity index (χ0n) is 95.8. The third kappa shape index (κ3) is 35.9. The third-order valence-corrected chi connectivity index (χ3v) is 47.6. The summed E-state index contributed by atoms with van der Waals surface area (Å²) in [6.45, 7) is 85.9. The third-order valence-electron chi connectivity index (χ3n) is 25.7. The molecule has 14 aromatic carbocycles. The van der Waals surface area contributed by atoms with Crippen molar-refractivity contribution in [1.82, 2.24) is 0 Å². The number of hydrogen-bond acceptors (Lipinski definition) is 7. The maximum absolute atomic E-state index is 11.1. The molecule has 7 atom stereocenters. The van der Waals surface area contributed by atoms with Gasteiger partial charge in [0.15, 0.2) is 0 Å². The number of phenols is 7. The van der Waals surface area contributed by atoms with Crippen LogP contribution in [0, 0.1) is 90.0 Å². The Hall–Kier alpha value is -6.30. The fraction of sp³-hybridized carbons (Fsp3) is 0.339. The van der Waals surface area contributed by atoms with Gasteiger partial charge in [-0.05, 0) is 400 Å². The minimum absolute atomic E-state index is 0.0496. The first-order chi connectivity index (χ1) is 69.0. The molecule has 0 saturated heterocycles. The highest BCUT2D eigenvalue weighted by Crippen LogP contribution is 2.42. The summed E-state index contributed by atoms with van der Waals surface area (Å²) in [6, 6.07) is 82.6. The van der Waals surface area contributed by atoms with Crippen molar-refractivity contribution in [3.8, 4) is 40.2 Å². The molecule has 0 radical (unpaired) electrons. The topological polar surface area (TPSA) is 142 Å². The van der Waals surface area contributed by atoms with Crippen molar-refractivity contribution < 1.29 is 35.7 Å². The van der Waals surface area contributed by atoms with Crippen LogP contribution in [0.1, 0.15) is 178 Å². The van der Waals surface area contributed by atoms with E-state index in [1.165, 1.54) is 141 Å². The zero-order chi connectivity index (χ0) is 111. The summed E-state index contributed by atoms with van der Waals surface area (Å²) in [7, 11) is 2.65. The molecular weight excluding hydrogens is 2070 g/mol. The lowest BCUT2D eigenvalue weighted by molar-refractivity contribution is 0.448. The van der Waals surface area contributed by atoms with Crippen molar-refractivity contribution in [2.75, 3.05) is 93.3 Å². The molecular formula is C127H170O7P14. The van der Waals surface area contributed by atoms with Gasteiger partial charge in [0, 0.05) is 48.3 Å². The first-order valence-corrected chi connectivity index (χ1v) is 73.2. The number of benzene rings is 14. The maximum atomic E-state index is 11.1. The summed E-state index contributed by atoms with van der Waals surface area (Å²) >= 11 is 0. The Bertz CT molecular complexity index is 6750. The Labute approximate surface area is 914 Å². The normalized spacial score (nSPS) is 12.2. The summed E-state index contributed by atoms with van der Waals surface area (Å²) < 4.78 is 0. The van der Waals surface area contributed by atoms with Gasteiger partial charge in [0.05, 0.1) is 0 Å². The molecule has 0 spiro atoms. The summed E-state index contributed by atoms with van der Waals surface area (Å²) in [6.07, 6.45) is 0. The smallest absolute Gasteiger partial charge is 0.127 e. The molecule has 0 heterocycles. The number of aryl methyl sites for hydroxylation is 13. The molecule has 14 rings (SSSR count). The van der Waals surface area contributed by atoms with Crippen LogP contribution in [0.15, 0.2) is 237 Å². The van der Waals surface area contributed by atoms with E-state index in [-0.39, 0.29) is 77.1 Å². The second-order valence-electron chi connectivity index (χ2n) is 44.2. The van der Waals surface area contributed by atoms with Gasteiger partial charge in [-0.25, -0.2) is 0 Å². The lowest BCUT2D eigenvalue weighted by atomic mass is 9.80. The monoisotopic (exact) mass is 2240 g/mol. The van der Waals surface area contributed by atoms with Crippen molar-refractivity contribution in [3.63, 3.8) is 0 Å². The number of aromatic hydroxyl groups is 7. The van der Waals surface area contributed by atoms with Crippen LogP contribution in [0.2, 0.25) is 0 Å². The van der Waals surface area contributed by atoms with Crippen LogP contribution in [0.5, 0.6) is 40.2 Å². The van der Waals surface area contributed by atoms with Gasteiger partial charge < -0.3 is 35.7 Å². The van der Waals surface area contributed by atoms with Crippen LogP contribution in [0.4, 0.5) is 0 Å². The molecule has 0 bridgehead atoms. The Morgan fingerprint density at radius 2 is 0.405 bits per heavy atom. The maximum Gasteiger partial charge on any atom is 0.127 e. The molecule has 7 N–H and O–H groups in total. The first-order valence-electron chi connectivity index (χ1n) is 50.5. The fourth-order valence-corrected chi connectivity index (χ4v) is 38.7. The van der Waals surface area contributed by atoms with Gasteiger partial charge in [-0.15, -0.1) is 0 Å². The van der Waals surface area contributed by atoms with Crippen LogP contribution in [0.25, 0.3) is 0 Å². The molecule has 0 aliphatic heterocycles. The van der Waals surface area contributed by atoms with Crippen molar-refractivity contribution in [2.24, 2.45) is 0 Å². The Balaban J connectivity index is 0.000000211. The zero-order valence-corrected chi connectivity index (χ0v) is 109. The molecule has 0 fully saturated rings. The van der Waals surface area contributed by atoms with Crippen molar-refractivity contribution in [2.45, 2.75) is 195 Å². The molecule has 14 aromatic rings. The SMILES string of the molecule is Cc1cc(C(C)(C)C)cc(Pc2c(C)cccc2P(C)C)c1O.Cc1cc(C)c(O)c(Pc2c(C)cccc2P(C)C)c1.Cc1cc(Pc2c(C)cccc2P(C)C)c(O)c(C(C)(C)C)c1.Cc1ccc(O)c(Pc2c(C)cccc2P(C)C)c1.Cc1cccc(P(C)C)c1Pc1cc(C(C)(C)C)cc(C(C)(C)C)c1O.Cc1cccc(P(C)C)c1Pc1ccccc1O.Cc1cccc(Pc2c(C)cccc2P(C)C)c1O. The Morgan fingerprint density at radius 3 is 0.723 bits per heavy atom. The lowest BCUT2D eigenvalue weighted by Crippen LogP contribution is -2.25. The molecule has 790 valence electrons. The number of rotatable bonds is 21. The van der Waals surface area contributed by atoms with Gasteiger partial charge in [0.25, 0.3) is 0 Å². The Kier molecular flexibility index (Phi) is 48.8. The second-order valence-corrected chi connectivity index (χ2v) is 69.1. The number of para-hydroxylation sites is 2. The van der Waals surface area contributed by atoms with E-state index in [2.05, 4.69) is 422 Å². The quantitative estimate of drug-likeness (QED) is 0.0355. The minimum Gasteiger partial charge on any atom is -0.507 e. The largest absolute Gasteiger partial charge is 0.507 e. The van der Waals surface area contributed by atoms with Crippen LogP contribution >= 0.6 is 116 Å². The van der Waals surface area contributed by atoms with E-state index in [4.69, 9.17) is 0 Å². The van der Waals surface area contributed by atoms with Gasteiger partial charge in [-0.3, -0.25) is 0 Å².